The number of nitrogens with two attached hydrogens (primary N) is 1. The molecule has 2 aromatic heterocycles. The molecular weight excluding hydrogens is 421 g/mol. The molecule has 0 saturated carbocycles. The smallest absolute Gasteiger partial charge is 0.228 e. The highest BCUT2D eigenvalue weighted by atomic mass is 19.1. The van der Waals surface area contributed by atoms with E-state index in [4.69, 9.17) is 10.5 Å². The Bertz CT molecular complexity index is 1320. The molecule has 1 amide bonds. The van der Waals surface area contributed by atoms with Crippen LogP contribution >= 0.6 is 0 Å². The van der Waals surface area contributed by atoms with Crippen molar-refractivity contribution in [1.82, 2.24) is 14.8 Å². The van der Waals surface area contributed by atoms with Crippen molar-refractivity contribution >= 4 is 28.2 Å². The quantitative estimate of drug-likeness (QED) is 0.411. The van der Waals surface area contributed by atoms with Crippen molar-refractivity contribution in [1.29, 1.82) is 0 Å². The summed E-state index contributed by atoms with van der Waals surface area (Å²) < 4.78 is 22.7. The molecule has 3 N–H and O–H groups in total. The number of amides is 1. The summed E-state index contributed by atoms with van der Waals surface area (Å²) in [6, 6.07) is 10.0. The number of carbonyl (C=O) groups excluding carboxylic acids is 1. The van der Waals surface area contributed by atoms with Crippen LogP contribution in [0, 0.1) is 12.7 Å². The van der Waals surface area contributed by atoms with Gasteiger partial charge >= 0.3 is 0 Å². The highest BCUT2D eigenvalue weighted by Gasteiger charge is 2.17. The number of nitrogens with one attached hydrogen (secondary N) is 1. The van der Waals surface area contributed by atoms with Crippen molar-refractivity contribution in [3.63, 3.8) is 0 Å². The topological polar surface area (TPSA) is 95.1 Å². The van der Waals surface area contributed by atoms with Crippen LogP contribution < -0.4 is 15.8 Å². The van der Waals surface area contributed by atoms with Gasteiger partial charge in [-0.1, -0.05) is 6.07 Å². The molecule has 2 heterocycles. The predicted octanol–water partition coefficient (Wildman–Crippen LogP) is 5.19. The summed E-state index contributed by atoms with van der Waals surface area (Å²) in [5.41, 5.74) is 8.67. The second kappa shape index (κ2) is 8.54. The normalized spacial score (nSPS) is 11.5. The average molecular weight is 448 g/mol. The number of hydrogen-bond acceptors (Lipinski definition) is 5. The highest BCUT2D eigenvalue weighted by Crippen LogP contribution is 2.34. The third-order valence-electron chi connectivity index (χ3n) is 5.15. The highest BCUT2D eigenvalue weighted by molar-refractivity contribution is 5.92. The van der Waals surface area contributed by atoms with E-state index >= 15 is 0 Å². The number of rotatable bonds is 5. The Labute approximate surface area is 191 Å². The lowest BCUT2D eigenvalue weighted by atomic mass is 10.1. The maximum absolute atomic E-state index is 15.0. The second-order valence-corrected chi connectivity index (χ2v) is 8.98. The van der Waals surface area contributed by atoms with Gasteiger partial charge in [0.05, 0.1) is 29.4 Å². The van der Waals surface area contributed by atoms with Crippen LogP contribution in [0.1, 0.15) is 31.9 Å². The lowest BCUT2D eigenvalue weighted by Gasteiger charge is -2.18. The second-order valence-electron chi connectivity index (χ2n) is 8.98. The first-order chi connectivity index (χ1) is 15.6. The SMILES string of the molecule is Cc1cc(CC(=O)Nc2cnn(C(C)(C)C)c2)cc(F)c1Oc1ccnc2ccc(N)cc12. The lowest BCUT2D eigenvalue weighted by molar-refractivity contribution is -0.115. The number of aromatic nitrogens is 3. The Morgan fingerprint density at radius 1 is 1.21 bits per heavy atom. The Hall–Kier alpha value is -3.94. The van der Waals surface area contributed by atoms with E-state index in [1.807, 2.05) is 20.8 Å². The summed E-state index contributed by atoms with van der Waals surface area (Å²) in [4.78, 5) is 16.8. The third kappa shape index (κ3) is 4.95. The van der Waals surface area contributed by atoms with E-state index in [0.717, 1.165) is 0 Å². The number of anilines is 2. The van der Waals surface area contributed by atoms with E-state index in [9.17, 15) is 9.18 Å². The number of hydrogen-bond donors (Lipinski definition) is 2. The van der Waals surface area contributed by atoms with Gasteiger partial charge in [0, 0.05) is 23.5 Å². The molecule has 0 aliphatic rings. The van der Waals surface area contributed by atoms with Crippen LogP contribution in [-0.4, -0.2) is 20.7 Å². The average Bonchev–Trinajstić information content (AvgIpc) is 3.19. The van der Waals surface area contributed by atoms with Crippen LogP contribution in [0.15, 0.2) is 55.0 Å². The summed E-state index contributed by atoms with van der Waals surface area (Å²) in [6.45, 7) is 7.80. The molecule has 0 fully saturated rings. The largest absolute Gasteiger partial charge is 0.453 e. The monoisotopic (exact) mass is 447 g/mol. The number of fused-ring (bicyclic) bond motifs is 1. The molecule has 0 spiro atoms. The molecular formula is C25H26FN5O2. The molecule has 0 bridgehead atoms. The molecule has 0 atom stereocenters. The maximum atomic E-state index is 15.0. The summed E-state index contributed by atoms with van der Waals surface area (Å²) in [5.74, 6) is -0.255. The van der Waals surface area contributed by atoms with Crippen LogP contribution in [0.3, 0.4) is 0 Å². The number of nitrogen functional groups attached to an aromatic ring is 1. The molecule has 8 heteroatoms. The molecule has 2 aromatic carbocycles. The van der Waals surface area contributed by atoms with Crippen molar-refractivity contribution in [2.45, 2.75) is 39.7 Å². The van der Waals surface area contributed by atoms with E-state index in [0.29, 0.717) is 39.2 Å². The van der Waals surface area contributed by atoms with E-state index in [-0.39, 0.29) is 23.6 Å². The third-order valence-corrected chi connectivity index (χ3v) is 5.15. The lowest BCUT2D eigenvalue weighted by Crippen LogP contribution is -2.22. The zero-order chi connectivity index (χ0) is 23.8. The molecule has 4 rings (SSSR count). The first-order valence-electron chi connectivity index (χ1n) is 10.6. The summed E-state index contributed by atoms with van der Waals surface area (Å²) in [6.07, 6.45) is 4.99. The summed E-state index contributed by atoms with van der Waals surface area (Å²) in [5, 5.41) is 7.76. The predicted molar refractivity (Wildman–Crippen MR) is 127 cm³/mol. The Morgan fingerprint density at radius 3 is 2.70 bits per heavy atom. The van der Waals surface area contributed by atoms with Crippen molar-refractivity contribution in [3.05, 3.63) is 71.9 Å². The minimum Gasteiger partial charge on any atom is -0.453 e. The Morgan fingerprint density at radius 2 is 2.00 bits per heavy atom. The fourth-order valence-electron chi connectivity index (χ4n) is 3.52. The molecule has 0 unspecified atom stereocenters. The van der Waals surface area contributed by atoms with Gasteiger partial charge in [-0.05, 0) is 69.2 Å². The van der Waals surface area contributed by atoms with Crippen LogP contribution in [0.5, 0.6) is 11.5 Å². The van der Waals surface area contributed by atoms with Gasteiger partial charge in [-0.3, -0.25) is 14.5 Å². The van der Waals surface area contributed by atoms with E-state index < -0.39 is 5.82 Å². The molecule has 0 saturated heterocycles. The molecule has 0 aliphatic heterocycles. The van der Waals surface area contributed by atoms with E-state index in [1.54, 1.807) is 60.5 Å². The minimum atomic E-state index is -0.549. The number of nitrogens with zero attached hydrogens (tertiary/aromatic N) is 3. The molecule has 33 heavy (non-hydrogen) atoms. The van der Waals surface area contributed by atoms with Crippen molar-refractivity contribution in [3.8, 4) is 11.5 Å². The first kappa shape index (κ1) is 22.3. The van der Waals surface area contributed by atoms with E-state index in [2.05, 4.69) is 15.4 Å². The fourth-order valence-corrected chi connectivity index (χ4v) is 3.52. The van der Waals surface area contributed by atoms with Gasteiger partial charge in [0.25, 0.3) is 0 Å². The zero-order valence-corrected chi connectivity index (χ0v) is 19.0. The molecule has 170 valence electrons. The van der Waals surface area contributed by atoms with Crippen molar-refractivity contribution in [2.75, 3.05) is 11.1 Å². The standard InChI is InChI=1S/C25H26FN5O2/c1-15-9-16(11-23(32)30-18-13-29-31(14-18)25(2,3)4)10-20(26)24(15)33-22-7-8-28-21-6-5-17(27)12-19(21)22/h5-10,12-14H,11,27H2,1-4H3,(H,30,32). The summed E-state index contributed by atoms with van der Waals surface area (Å²) >= 11 is 0. The first-order valence-corrected chi connectivity index (χ1v) is 10.6. The summed E-state index contributed by atoms with van der Waals surface area (Å²) in [7, 11) is 0. The van der Waals surface area contributed by atoms with Gasteiger partial charge in [0.2, 0.25) is 5.91 Å². The molecule has 7 nitrogen and oxygen atoms in total. The van der Waals surface area contributed by atoms with Crippen LogP contribution in [0.25, 0.3) is 10.9 Å². The molecule has 0 aliphatic carbocycles. The number of ether oxygens (including phenoxy) is 1. The number of halogens is 1. The minimum absolute atomic E-state index is 0.0213. The van der Waals surface area contributed by atoms with Crippen LogP contribution in [0.2, 0.25) is 0 Å². The maximum Gasteiger partial charge on any atom is 0.228 e. The number of pyridine rings is 1. The van der Waals surface area contributed by atoms with Crippen LogP contribution in [-0.2, 0) is 16.8 Å². The zero-order valence-electron chi connectivity index (χ0n) is 19.0. The van der Waals surface area contributed by atoms with Gasteiger partial charge in [-0.2, -0.15) is 5.10 Å². The van der Waals surface area contributed by atoms with Crippen LogP contribution in [0.4, 0.5) is 15.8 Å². The van der Waals surface area contributed by atoms with Gasteiger partial charge in [0.15, 0.2) is 11.6 Å². The Kier molecular flexibility index (Phi) is 5.76. The van der Waals surface area contributed by atoms with E-state index in [1.165, 1.54) is 6.07 Å². The van der Waals surface area contributed by atoms with Gasteiger partial charge in [-0.25, -0.2) is 4.39 Å². The number of carbonyl (C=O) groups is 1. The Balaban J connectivity index is 1.51. The van der Waals surface area contributed by atoms with Gasteiger partial charge in [-0.15, -0.1) is 0 Å². The van der Waals surface area contributed by atoms with Gasteiger partial charge in [0.1, 0.15) is 5.75 Å². The molecule has 4 aromatic rings. The number of aryl methyl sites for hydroxylation is 1. The molecule has 0 radical (unpaired) electrons. The fraction of sp³-hybridized carbons (Fsp3) is 0.240. The van der Waals surface area contributed by atoms with Gasteiger partial charge < -0.3 is 15.8 Å². The van der Waals surface area contributed by atoms with Crippen molar-refractivity contribution in [2.24, 2.45) is 0 Å². The number of benzene rings is 2. The van der Waals surface area contributed by atoms with Crippen molar-refractivity contribution < 1.29 is 13.9 Å².